The lowest BCUT2D eigenvalue weighted by Gasteiger charge is -2.20. The second-order valence-corrected chi connectivity index (χ2v) is 9.46. The summed E-state index contributed by atoms with van der Waals surface area (Å²) in [6.45, 7) is 0. The summed E-state index contributed by atoms with van der Waals surface area (Å²) in [5.41, 5.74) is 7.91. The van der Waals surface area contributed by atoms with Crippen LogP contribution >= 0.6 is 11.3 Å². The molecule has 1 aromatic heterocycles. The summed E-state index contributed by atoms with van der Waals surface area (Å²) in [6.07, 6.45) is 7.44. The third-order valence-electron chi connectivity index (χ3n) is 4.78. The molecule has 0 amide bonds. The van der Waals surface area contributed by atoms with E-state index in [1.165, 1.54) is 48.3 Å². The molecular formula is C19H21IS2. The highest BCUT2D eigenvalue weighted by Crippen LogP contribution is 2.40. The molecule has 22 heavy (non-hydrogen) atoms. The number of fused-ring (bicyclic) bond motifs is 2. The van der Waals surface area contributed by atoms with Gasteiger partial charge in [0.05, 0.1) is 6.26 Å². The predicted molar refractivity (Wildman–Crippen MR) is 96.4 cm³/mol. The molecule has 2 heterocycles. The molecule has 0 nitrogen and oxygen atoms in total. The molecule has 0 radical (unpaired) electrons. The minimum absolute atomic E-state index is 0. The van der Waals surface area contributed by atoms with Gasteiger partial charge in [-0.05, 0) is 57.4 Å². The summed E-state index contributed by atoms with van der Waals surface area (Å²) in [6, 6.07) is 11.5. The van der Waals surface area contributed by atoms with Crippen LogP contribution in [-0.2, 0) is 23.7 Å². The second kappa shape index (κ2) is 7.10. The first-order valence-corrected chi connectivity index (χ1v) is 10.6. The van der Waals surface area contributed by atoms with Gasteiger partial charge in [-0.25, -0.2) is 0 Å². The van der Waals surface area contributed by atoms with Gasteiger partial charge in [0.2, 0.25) is 0 Å². The number of rotatable bonds is 0. The van der Waals surface area contributed by atoms with Crippen LogP contribution in [0, 0.1) is 0 Å². The Kier molecular flexibility index (Phi) is 5.35. The van der Waals surface area contributed by atoms with E-state index in [4.69, 9.17) is 0 Å². The van der Waals surface area contributed by atoms with E-state index in [-0.39, 0.29) is 24.0 Å². The highest BCUT2D eigenvalue weighted by molar-refractivity contribution is 7.96. The largest absolute Gasteiger partial charge is 1.00 e. The maximum absolute atomic E-state index is 2.43. The normalized spacial score (nSPS) is 20.7. The molecule has 0 N–H and O–H groups in total. The van der Waals surface area contributed by atoms with Crippen molar-refractivity contribution in [2.24, 2.45) is 0 Å². The minimum Gasteiger partial charge on any atom is -1.00 e. The number of thiophene rings is 1. The molecule has 0 unspecified atom stereocenters. The standard InChI is InChI=1S/C19H21S2.HI/c1-21-12-9-15(10-13-21)19-16-5-3-2-4-14(16)6-7-18-17(19)8-11-20-18;/h2-5,8,11H,6-7,9-10,12-13H2,1H3;1H/q+1;/p-1. The number of benzene rings is 1. The Balaban J connectivity index is 0.00000144. The summed E-state index contributed by atoms with van der Waals surface area (Å²) >= 11 is 1.95. The fourth-order valence-corrected chi connectivity index (χ4v) is 5.86. The van der Waals surface area contributed by atoms with E-state index in [1.807, 2.05) is 11.3 Å². The van der Waals surface area contributed by atoms with E-state index in [2.05, 4.69) is 42.0 Å². The zero-order valence-electron chi connectivity index (χ0n) is 12.9. The van der Waals surface area contributed by atoms with E-state index < -0.39 is 0 Å². The predicted octanol–water partition coefficient (Wildman–Crippen LogP) is 1.69. The topological polar surface area (TPSA) is 0 Å². The van der Waals surface area contributed by atoms with Crippen LogP contribution in [0.2, 0.25) is 0 Å². The van der Waals surface area contributed by atoms with Crippen LogP contribution in [0.3, 0.4) is 0 Å². The zero-order chi connectivity index (χ0) is 14.2. The number of hydrogen-bond acceptors (Lipinski definition) is 1. The van der Waals surface area contributed by atoms with Crippen molar-refractivity contribution >= 4 is 27.8 Å². The Hall–Kier alpha value is -0.260. The second-order valence-electron chi connectivity index (χ2n) is 6.08. The van der Waals surface area contributed by atoms with Gasteiger partial charge in [0.1, 0.15) is 11.5 Å². The van der Waals surface area contributed by atoms with Gasteiger partial charge in [0, 0.05) is 17.7 Å². The van der Waals surface area contributed by atoms with Crippen LogP contribution in [0.15, 0.2) is 41.3 Å². The van der Waals surface area contributed by atoms with Gasteiger partial charge in [-0.1, -0.05) is 29.8 Å². The van der Waals surface area contributed by atoms with Crippen LogP contribution in [0.1, 0.15) is 34.4 Å². The first kappa shape index (κ1) is 16.6. The number of hydrogen-bond donors (Lipinski definition) is 0. The van der Waals surface area contributed by atoms with Gasteiger partial charge < -0.3 is 24.0 Å². The first-order valence-electron chi connectivity index (χ1n) is 7.79. The van der Waals surface area contributed by atoms with Crippen molar-refractivity contribution in [1.82, 2.24) is 0 Å². The van der Waals surface area contributed by atoms with Crippen molar-refractivity contribution in [3.8, 4) is 0 Å². The average Bonchev–Trinajstić information content (AvgIpc) is 2.91. The molecular weight excluding hydrogens is 419 g/mol. The van der Waals surface area contributed by atoms with E-state index >= 15 is 0 Å². The van der Waals surface area contributed by atoms with Crippen LogP contribution in [0.25, 0.3) is 5.57 Å². The van der Waals surface area contributed by atoms with Crippen molar-refractivity contribution in [3.63, 3.8) is 0 Å². The molecule has 1 aliphatic heterocycles. The molecule has 0 spiro atoms. The fraction of sp³-hybridized carbons (Fsp3) is 0.368. The lowest BCUT2D eigenvalue weighted by molar-refractivity contribution is -0.00000410. The van der Waals surface area contributed by atoms with Crippen LogP contribution in [-0.4, -0.2) is 17.8 Å². The Bertz CT molecular complexity index is 689. The fourth-order valence-electron chi connectivity index (χ4n) is 3.59. The van der Waals surface area contributed by atoms with Crippen LogP contribution in [0.5, 0.6) is 0 Å². The third kappa shape index (κ3) is 3.04. The lowest BCUT2D eigenvalue weighted by Crippen LogP contribution is -3.00. The van der Waals surface area contributed by atoms with E-state index in [1.54, 1.807) is 21.6 Å². The molecule has 116 valence electrons. The Morgan fingerprint density at radius 2 is 1.68 bits per heavy atom. The van der Waals surface area contributed by atoms with Crippen molar-refractivity contribution in [2.75, 3.05) is 17.8 Å². The van der Waals surface area contributed by atoms with Crippen LogP contribution < -0.4 is 24.0 Å². The van der Waals surface area contributed by atoms with Gasteiger partial charge in [-0.3, -0.25) is 0 Å². The van der Waals surface area contributed by atoms with E-state index in [0.717, 1.165) is 0 Å². The summed E-state index contributed by atoms with van der Waals surface area (Å²) in [4.78, 5) is 1.59. The average molecular weight is 440 g/mol. The highest BCUT2D eigenvalue weighted by Gasteiger charge is 2.26. The molecule has 3 heteroatoms. The highest BCUT2D eigenvalue weighted by atomic mass is 127. The molecule has 1 aromatic carbocycles. The minimum atomic E-state index is 0. The summed E-state index contributed by atoms with van der Waals surface area (Å²) in [5.74, 6) is 2.78. The molecule has 1 aliphatic carbocycles. The Morgan fingerprint density at radius 1 is 0.909 bits per heavy atom. The van der Waals surface area contributed by atoms with Crippen LogP contribution in [0.4, 0.5) is 0 Å². The molecule has 0 saturated carbocycles. The maximum atomic E-state index is 2.43. The number of allylic oxidation sites excluding steroid dienone is 1. The van der Waals surface area contributed by atoms with Gasteiger partial charge in [0.25, 0.3) is 0 Å². The van der Waals surface area contributed by atoms with Gasteiger partial charge in [0.15, 0.2) is 0 Å². The summed E-state index contributed by atoms with van der Waals surface area (Å²) in [5, 5.41) is 2.28. The van der Waals surface area contributed by atoms with Gasteiger partial charge >= 0.3 is 0 Å². The maximum Gasteiger partial charge on any atom is 0.111 e. The SMILES string of the molecule is C[S+]1CCC(=C2c3ccccc3CCc3sccc32)CC1.[I-]. The molecule has 2 aliphatic rings. The first-order chi connectivity index (χ1) is 10.3. The van der Waals surface area contributed by atoms with Gasteiger partial charge in [-0.2, -0.15) is 0 Å². The van der Waals surface area contributed by atoms with Gasteiger partial charge in [-0.15, -0.1) is 11.3 Å². The summed E-state index contributed by atoms with van der Waals surface area (Å²) < 4.78 is 0. The quantitative estimate of drug-likeness (QED) is 0.432. The Morgan fingerprint density at radius 3 is 2.50 bits per heavy atom. The number of aryl methyl sites for hydroxylation is 2. The molecule has 2 aromatic rings. The molecule has 0 atom stereocenters. The van der Waals surface area contributed by atoms with Crippen molar-refractivity contribution in [1.29, 1.82) is 0 Å². The van der Waals surface area contributed by atoms with Crippen molar-refractivity contribution in [3.05, 3.63) is 62.9 Å². The monoisotopic (exact) mass is 440 g/mol. The van der Waals surface area contributed by atoms with E-state index in [0.29, 0.717) is 10.9 Å². The summed E-state index contributed by atoms with van der Waals surface area (Å²) in [7, 11) is 0.643. The Labute approximate surface area is 157 Å². The molecule has 4 rings (SSSR count). The van der Waals surface area contributed by atoms with E-state index in [9.17, 15) is 0 Å². The zero-order valence-corrected chi connectivity index (χ0v) is 16.7. The third-order valence-corrected chi connectivity index (χ3v) is 7.56. The molecule has 1 saturated heterocycles. The van der Waals surface area contributed by atoms with Crippen molar-refractivity contribution in [2.45, 2.75) is 25.7 Å². The lowest BCUT2D eigenvalue weighted by atomic mass is 9.89. The molecule has 0 bridgehead atoms. The number of halogens is 1. The molecule has 1 fully saturated rings. The van der Waals surface area contributed by atoms with Crippen molar-refractivity contribution < 1.29 is 24.0 Å². The smallest absolute Gasteiger partial charge is 0.111 e.